The lowest BCUT2D eigenvalue weighted by Gasteiger charge is -2.19. The molecule has 0 saturated carbocycles. The monoisotopic (exact) mass is 374 g/mol. The average molecular weight is 374 g/mol. The standard InChI is InChI=1S/C23H18O5/c1-14-19(27-21(23(25)26-2)15-8-4-3-5-9-15)13-12-17-16-10-6-7-11-18(16)22(24)28-20(14)17/h3-13,21H,1-2H3/t21-/m1/s1. The molecule has 140 valence electrons. The Balaban J connectivity index is 1.85. The lowest BCUT2D eigenvalue weighted by molar-refractivity contribution is -0.149. The molecule has 1 atom stereocenters. The van der Waals surface area contributed by atoms with E-state index in [0.29, 0.717) is 27.8 Å². The topological polar surface area (TPSA) is 65.7 Å². The molecule has 0 N–H and O–H groups in total. The van der Waals surface area contributed by atoms with Gasteiger partial charge in [-0.05, 0) is 30.5 Å². The quantitative estimate of drug-likeness (QED) is 0.298. The molecule has 5 heteroatoms. The molecule has 3 aromatic carbocycles. The highest BCUT2D eigenvalue weighted by Crippen LogP contribution is 2.33. The van der Waals surface area contributed by atoms with Crippen LogP contribution >= 0.6 is 0 Å². The van der Waals surface area contributed by atoms with E-state index in [0.717, 1.165) is 10.8 Å². The van der Waals surface area contributed by atoms with Crippen LogP contribution in [0.5, 0.6) is 5.75 Å². The van der Waals surface area contributed by atoms with Gasteiger partial charge in [-0.3, -0.25) is 0 Å². The van der Waals surface area contributed by atoms with Crippen LogP contribution in [-0.2, 0) is 9.53 Å². The molecule has 1 aromatic heterocycles. The minimum Gasteiger partial charge on any atom is -0.474 e. The van der Waals surface area contributed by atoms with Crippen LogP contribution in [0, 0.1) is 6.92 Å². The summed E-state index contributed by atoms with van der Waals surface area (Å²) in [6, 6.07) is 20.0. The number of fused-ring (bicyclic) bond motifs is 3. The maximum Gasteiger partial charge on any atom is 0.351 e. The molecule has 0 aliphatic heterocycles. The first-order valence-corrected chi connectivity index (χ1v) is 8.84. The van der Waals surface area contributed by atoms with E-state index in [4.69, 9.17) is 13.9 Å². The van der Waals surface area contributed by atoms with Crippen molar-refractivity contribution in [2.45, 2.75) is 13.0 Å². The Labute approximate surface area is 161 Å². The molecule has 0 radical (unpaired) electrons. The highest BCUT2D eigenvalue weighted by molar-refractivity contribution is 6.05. The highest BCUT2D eigenvalue weighted by Gasteiger charge is 2.25. The third-order valence-corrected chi connectivity index (χ3v) is 4.75. The number of carbonyl (C=O) groups excluding carboxylic acids is 1. The molecule has 0 aliphatic rings. The molecule has 0 fully saturated rings. The second-order valence-electron chi connectivity index (χ2n) is 6.43. The highest BCUT2D eigenvalue weighted by atomic mass is 16.6. The van der Waals surface area contributed by atoms with Gasteiger partial charge in [0.25, 0.3) is 0 Å². The molecule has 4 aromatic rings. The second kappa shape index (κ2) is 7.19. The van der Waals surface area contributed by atoms with Gasteiger partial charge < -0.3 is 13.9 Å². The van der Waals surface area contributed by atoms with Crippen molar-refractivity contribution in [2.24, 2.45) is 0 Å². The zero-order valence-corrected chi connectivity index (χ0v) is 15.5. The Hall–Kier alpha value is -3.60. The van der Waals surface area contributed by atoms with Crippen LogP contribution in [-0.4, -0.2) is 13.1 Å². The summed E-state index contributed by atoms with van der Waals surface area (Å²) in [5.74, 6) is -0.0594. The van der Waals surface area contributed by atoms with Crippen LogP contribution < -0.4 is 10.4 Å². The number of carbonyl (C=O) groups is 1. The van der Waals surface area contributed by atoms with Crippen molar-refractivity contribution in [3.63, 3.8) is 0 Å². The second-order valence-corrected chi connectivity index (χ2v) is 6.43. The Kier molecular flexibility index (Phi) is 4.57. The van der Waals surface area contributed by atoms with Crippen LogP contribution in [0.3, 0.4) is 0 Å². The molecule has 0 aliphatic carbocycles. The summed E-state index contributed by atoms with van der Waals surface area (Å²) in [7, 11) is 1.32. The molecule has 0 spiro atoms. The molecule has 1 heterocycles. The van der Waals surface area contributed by atoms with Crippen molar-refractivity contribution in [3.05, 3.63) is 88.3 Å². The van der Waals surface area contributed by atoms with E-state index in [1.165, 1.54) is 7.11 Å². The number of hydrogen-bond acceptors (Lipinski definition) is 5. The van der Waals surface area contributed by atoms with Crippen molar-refractivity contribution in [2.75, 3.05) is 7.11 Å². The predicted molar refractivity (Wildman–Crippen MR) is 107 cm³/mol. The summed E-state index contributed by atoms with van der Waals surface area (Å²) in [4.78, 5) is 24.7. The molecule has 0 saturated heterocycles. The number of aryl methyl sites for hydroxylation is 1. The lowest BCUT2D eigenvalue weighted by Crippen LogP contribution is -2.20. The molecule has 0 unspecified atom stereocenters. The number of methoxy groups -OCH3 is 1. The molecular formula is C23H18O5. The molecule has 4 rings (SSSR count). The summed E-state index contributed by atoms with van der Waals surface area (Å²) >= 11 is 0. The van der Waals surface area contributed by atoms with Crippen LogP contribution in [0.1, 0.15) is 17.2 Å². The van der Waals surface area contributed by atoms with E-state index in [-0.39, 0.29) is 0 Å². The maximum atomic E-state index is 12.4. The SMILES string of the molecule is COC(=O)[C@H](Oc1ccc2c(oc(=O)c3ccccc32)c1C)c1ccccc1. The molecule has 5 nitrogen and oxygen atoms in total. The van der Waals surface area contributed by atoms with Crippen molar-refractivity contribution in [1.29, 1.82) is 0 Å². The minimum atomic E-state index is -0.922. The summed E-state index contributed by atoms with van der Waals surface area (Å²) in [5, 5.41) is 2.16. The first kappa shape index (κ1) is 17.8. The van der Waals surface area contributed by atoms with Gasteiger partial charge in [-0.15, -0.1) is 0 Å². The maximum absolute atomic E-state index is 12.4. The fourth-order valence-electron chi connectivity index (χ4n) is 3.30. The normalized spacial score (nSPS) is 12.1. The predicted octanol–water partition coefficient (Wildman–Crippen LogP) is 4.55. The number of rotatable bonds is 4. The van der Waals surface area contributed by atoms with E-state index in [1.807, 2.05) is 36.4 Å². The molecule has 0 bridgehead atoms. The van der Waals surface area contributed by atoms with Gasteiger partial charge >= 0.3 is 11.6 Å². The van der Waals surface area contributed by atoms with Gasteiger partial charge in [0.05, 0.1) is 12.5 Å². The van der Waals surface area contributed by atoms with Crippen LogP contribution in [0.2, 0.25) is 0 Å². The van der Waals surface area contributed by atoms with E-state index in [9.17, 15) is 9.59 Å². The Morgan fingerprint density at radius 3 is 2.29 bits per heavy atom. The van der Waals surface area contributed by atoms with Crippen LogP contribution in [0.25, 0.3) is 21.7 Å². The fourth-order valence-corrected chi connectivity index (χ4v) is 3.30. The third-order valence-electron chi connectivity index (χ3n) is 4.75. The van der Waals surface area contributed by atoms with Crippen molar-refractivity contribution in [1.82, 2.24) is 0 Å². The molecule has 0 amide bonds. The third kappa shape index (κ3) is 3.01. The van der Waals surface area contributed by atoms with E-state index >= 15 is 0 Å². The Morgan fingerprint density at radius 2 is 1.57 bits per heavy atom. The number of benzene rings is 3. The van der Waals surface area contributed by atoms with Gasteiger partial charge in [0.2, 0.25) is 6.10 Å². The Bertz CT molecular complexity index is 1220. The van der Waals surface area contributed by atoms with Crippen LogP contribution in [0.4, 0.5) is 0 Å². The lowest BCUT2D eigenvalue weighted by atomic mass is 10.0. The first-order chi connectivity index (χ1) is 13.6. The summed E-state index contributed by atoms with van der Waals surface area (Å²) in [5.41, 5.74) is 1.35. The van der Waals surface area contributed by atoms with Gasteiger partial charge in [-0.2, -0.15) is 0 Å². The largest absolute Gasteiger partial charge is 0.474 e. The van der Waals surface area contributed by atoms with Crippen molar-refractivity contribution >= 4 is 27.7 Å². The van der Waals surface area contributed by atoms with Crippen molar-refractivity contribution < 1.29 is 18.7 Å². The number of esters is 1. The number of hydrogen-bond donors (Lipinski definition) is 0. The van der Waals surface area contributed by atoms with Crippen LogP contribution in [0.15, 0.2) is 75.9 Å². The fraction of sp³-hybridized carbons (Fsp3) is 0.130. The summed E-state index contributed by atoms with van der Waals surface area (Å²) in [6.45, 7) is 1.80. The van der Waals surface area contributed by atoms with Gasteiger partial charge in [0.1, 0.15) is 11.3 Å². The van der Waals surface area contributed by atoms with Crippen molar-refractivity contribution in [3.8, 4) is 5.75 Å². The van der Waals surface area contributed by atoms with E-state index < -0.39 is 17.7 Å². The van der Waals surface area contributed by atoms with E-state index in [2.05, 4.69) is 0 Å². The molecule has 28 heavy (non-hydrogen) atoms. The Morgan fingerprint density at radius 1 is 0.893 bits per heavy atom. The average Bonchev–Trinajstić information content (AvgIpc) is 2.74. The minimum absolute atomic E-state index is 0.407. The number of ether oxygens (including phenoxy) is 2. The van der Waals surface area contributed by atoms with Gasteiger partial charge in [-0.1, -0.05) is 48.5 Å². The smallest absolute Gasteiger partial charge is 0.351 e. The summed E-state index contributed by atoms with van der Waals surface area (Å²) in [6.07, 6.45) is -0.922. The summed E-state index contributed by atoms with van der Waals surface area (Å²) < 4.78 is 16.5. The van der Waals surface area contributed by atoms with Gasteiger partial charge in [0, 0.05) is 16.5 Å². The molecular weight excluding hydrogens is 356 g/mol. The van der Waals surface area contributed by atoms with E-state index in [1.54, 1.807) is 37.3 Å². The zero-order chi connectivity index (χ0) is 19.7. The van der Waals surface area contributed by atoms with Gasteiger partial charge in [-0.25, -0.2) is 9.59 Å². The first-order valence-electron chi connectivity index (χ1n) is 8.84. The zero-order valence-electron chi connectivity index (χ0n) is 15.5. The van der Waals surface area contributed by atoms with Gasteiger partial charge in [0.15, 0.2) is 0 Å².